The maximum atomic E-state index is 12.0. The first-order chi connectivity index (χ1) is 13.8. The molecule has 2 rings (SSSR count). The number of amides is 1. The van der Waals surface area contributed by atoms with E-state index in [9.17, 15) is 18.0 Å². The summed E-state index contributed by atoms with van der Waals surface area (Å²) in [6, 6.07) is 12.2. The second-order valence-corrected chi connectivity index (χ2v) is 6.16. The maximum Gasteiger partial charge on any atom is 0.405 e. The lowest BCUT2D eigenvalue weighted by Gasteiger charge is -2.11. The quantitative estimate of drug-likeness (QED) is 0.483. The van der Waals surface area contributed by atoms with Crippen LogP contribution in [-0.4, -0.2) is 38.6 Å². The van der Waals surface area contributed by atoms with Gasteiger partial charge in [0.15, 0.2) is 18.1 Å². The molecule has 0 aliphatic heterocycles. The summed E-state index contributed by atoms with van der Waals surface area (Å²) < 4.78 is 47.0. The number of carbonyl (C=O) groups is 1. The molecule has 0 bridgehead atoms. The third kappa shape index (κ3) is 8.30. The molecule has 6 nitrogen and oxygen atoms in total. The number of alkyl halides is 3. The van der Waals surface area contributed by atoms with Gasteiger partial charge < -0.3 is 19.6 Å². The van der Waals surface area contributed by atoms with Crippen LogP contribution in [-0.2, 0) is 16.2 Å². The van der Waals surface area contributed by atoms with E-state index in [-0.39, 0.29) is 0 Å². The second-order valence-electron chi connectivity index (χ2n) is 5.73. The van der Waals surface area contributed by atoms with E-state index in [1.54, 1.807) is 35.6 Å². The SMILES string of the molecule is COc1cc(/C=N/OCC(=O)NCC(F)(F)F)ccc1OCc1ccc(Cl)cc1. The van der Waals surface area contributed by atoms with Crippen molar-refractivity contribution in [2.45, 2.75) is 12.8 Å². The summed E-state index contributed by atoms with van der Waals surface area (Å²) in [5.74, 6) is 0.0286. The lowest BCUT2D eigenvalue weighted by molar-refractivity contribution is -0.141. The van der Waals surface area contributed by atoms with Crippen molar-refractivity contribution in [1.29, 1.82) is 0 Å². The van der Waals surface area contributed by atoms with Crippen molar-refractivity contribution in [1.82, 2.24) is 5.32 Å². The average Bonchev–Trinajstić information content (AvgIpc) is 2.69. The zero-order chi connectivity index (χ0) is 21.3. The predicted octanol–water partition coefficient (Wildman–Crippen LogP) is 3.96. The summed E-state index contributed by atoms with van der Waals surface area (Å²) >= 11 is 5.85. The van der Waals surface area contributed by atoms with E-state index in [1.165, 1.54) is 13.3 Å². The first-order valence-corrected chi connectivity index (χ1v) is 8.68. The van der Waals surface area contributed by atoms with E-state index in [0.29, 0.717) is 28.7 Å². The van der Waals surface area contributed by atoms with Crippen molar-refractivity contribution in [3.63, 3.8) is 0 Å². The number of rotatable bonds is 9. The molecule has 0 unspecified atom stereocenters. The molecule has 0 heterocycles. The molecule has 0 aromatic heterocycles. The molecule has 1 amide bonds. The van der Waals surface area contributed by atoms with Gasteiger partial charge in [0, 0.05) is 10.6 Å². The van der Waals surface area contributed by atoms with E-state index >= 15 is 0 Å². The first kappa shape index (κ1) is 22.4. The summed E-state index contributed by atoms with van der Waals surface area (Å²) in [5.41, 5.74) is 1.51. The van der Waals surface area contributed by atoms with E-state index in [4.69, 9.17) is 25.9 Å². The smallest absolute Gasteiger partial charge is 0.405 e. The topological polar surface area (TPSA) is 69.2 Å². The van der Waals surface area contributed by atoms with Gasteiger partial charge in [-0.3, -0.25) is 4.79 Å². The molecule has 2 aromatic carbocycles. The van der Waals surface area contributed by atoms with Gasteiger partial charge in [-0.15, -0.1) is 0 Å². The minimum absolute atomic E-state index is 0.317. The second kappa shape index (κ2) is 10.6. The molecule has 0 aliphatic carbocycles. The minimum atomic E-state index is -4.48. The Kier molecular flexibility index (Phi) is 8.14. The Balaban J connectivity index is 1.86. The van der Waals surface area contributed by atoms with Gasteiger partial charge >= 0.3 is 6.18 Å². The fourth-order valence-electron chi connectivity index (χ4n) is 2.07. The Morgan fingerprint density at radius 1 is 1.17 bits per heavy atom. The summed E-state index contributed by atoms with van der Waals surface area (Å²) in [4.78, 5) is 15.9. The summed E-state index contributed by atoms with van der Waals surface area (Å²) in [6.45, 7) is -1.74. The normalized spacial score (nSPS) is 11.3. The molecule has 0 aliphatic rings. The molecule has 1 N–H and O–H groups in total. The fourth-order valence-corrected chi connectivity index (χ4v) is 2.20. The largest absolute Gasteiger partial charge is 0.493 e. The van der Waals surface area contributed by atoms with Crippen molar-refractivity contribution < 1.29 is 32.3 Å². The Bertz CT molecular complexity index is 842. The third-order valence-electron chi connectivity index (χ3n) is 3.45. The van der Waals surface area contributed by atoms with Gasteiger partial charge in [-0.2, -0.15) is 13.2 Å². The monoisotopic (exact) mass is 430 g/mol. The molecule has 0 spiro atoms. The van der Waals surface area contributed by atoms with E-state index < -0.39 is 25.2 Å². The summed E-state index contributed by atoms with van der Waals surface area (Å²) in [5, 5.41) is 5.86. The van der Waals surface area contributed by atoms with E-state index in [2.05, 4.69) is 5.16 Å². The average molecular weight is 431 g/mol. The highest BCUT2D eigenvalue weighted by Gasteiger charge is 2.27. The van der Waals surface area contributed by atoms with Gasteiger partial charge in [-0.1, -0.05) is 28.9 Å². The van der Waals surface area contributed by atoms with E-state index in [1.807, 2.05) is 12.1 Å². The minimum Gasteiger partial charge on any atom is -0.493 e. The highest BCUT2D eigenvalue weighted by atomic mass is 35.5. The molecule has 29 heavy (non-hydrogen) atoms. The number of ether oxygens (including phenoxy) is 2. The molecule has 0 saturated heterocycles. The van der Waals surface area contributed by atoms with Crippen molar-refractivity contribution in [2.24, 2.45) is 5.16 Å². The zero-order valence-electron chi connectivity index (χ0n) is 15.3. The number of hydrogen-bond acceptors (Lipinski definition) is 5. The van der Waals surface area contributed by atoms with Gasteiger partial charge in [0.1, 0.15) is 13.2 Å². The number of nitrogens with zero attached hydrogens (tertiary/aromatic N) is 1. The molecular weight excluding hydrogens is 413 g/mol. The molecule has 0 radical (unpaired) electrons. The Morgan fingerprint density at radius 2 is 1.90 bits per heavy atom. The van der Waals surface area contributed by atoms with Crippen molar-refractivity contribution in [3.05, 3.63) is 58.6 Å². The molecule has 0 fully saturated rings. The van der Waals surface area contributed by atoms with Crippen molar-refractivity contribution in [3.8, 4) is 11.5 Å². The number of hydrogen-bond donors (Lipinski definition) is 1. The predicted molar refractivity (Wildman–Crippen MR) is 101 cm³/mol. The Hall–Kier alpha value is -2.94. The molecule has 0 atom stereocenters. The molecule has 10 heteroatoms. The van der Waals surface area contributed by atoms with Crippen LogP contribution in [0.15, 0.2) is 47.6 Å². The Morgan fingerprint density at radius 3 is 2.55 bits per heavy atom. The molecule has 2 aromatic rings. The molecular formula is C19H18ClF3N2O4. The van der Waals surface area contributed by atoms with Gasteiger partial charge in [-0.05, 0) is 35.9 Å². The van der Waals surface area contributed by atoms with Crippen molar-refractivity contribution >= 4 is 23.7 Å². The number of carbonyl (C=O) groups excluding carboxylic acids is 1. The van der Waals surface area contributed by atoms with E-state index in [0.717, 1.165) is 5.56 Å². The van der Waals surface area contributed by atoms with Crippen molar-refractivity contribution in [2.75, 3.05) is 20.3 Å². The third-order valence-corrected chi connectivity index (χ3v) is 3.71. The van der Waals surface area contributed by atoms with Crippen LogP contribution in [0.4, 0.5) is 13.2 Å². The number of nitrogens with one attached hydrogen (secondary N) is 1. The number of oxime groups is 1. The van der Waals surface area contributed by atoms with Gasteiger partial charge in [0.2, 0.25) is 0 Å². The molecule has 0 saturated carbocycles. The van der Waals surface area contributed by atoms with Crippen LogP contribution in [0.25, 0.3) is 0 Å². The Labute approximate surface area is 170 Å². The summed E-state index contributed by atoms with van der Waals surface area (Å²) in [6.07, 6.45) is -3.19. The highest BCUT2D eigenvalue weighted by molar-refractivity contribution is 6.30. The lowest BCUT2D eigenvalue weighted by atomic mass is 10.2. The standard InChI is InChI=1S/C19H18ClF3N2O4/c1-27-17-8-14(9-25-29-11-18(26)24-12-19(21,22)23)4-7-16(17)28-10-13-2-5-15(20)6-3-13/h2-9H,10-12H2,1H3,(H,24,26)/b25-9+. The van der Waals surface area contributed by atoms with Crippen LogP contribution in [0, 0.1) is 0 Å². The number of benzene rings is 2. The number of halogens is 4. The fraction of sp³-hybridized carbons (Fsp3) is 0.263. The van der Waals surface area contributed by atoms with Crippen LogP contribution in [0.3, 0.4) is 0 Å². The maximum absolute atomic E-state index is 12.0. The van der Waals surface area contributed by atoms with Gasteiger partial charge in [-0.25, -0.2) is 0 Å². The first-order valence-electron chi connectivity index (χ1n) is 8.31. The van der Waals surface area contributed by atoms with Crippen LogP contribution >= 0.6 is 11.6 Å². The summed E-state index contributed by atoms with van der Waals surface area (Å²) in [7, 11) is 1.48. The van der Waals surface area contributed by atoms with Gasteiger partial charge in [0.25, 0.3) is 5.91 Å². The van der Waals surface area contributed by atoms with Crippen LogP contribution in [0.2, 0.25) is 5.02 Å². The molecule has 156 valence electrons. The lowest BCUT2D eigenvalue weighted by Crippen LogP contribution is -2.35. The van der Waals surface area contributed by atoms with Crippen LogP contribution < -0.4 is 14.8 Å². The van der Waals surface area contributed by atoms with Crippen LogP contribution in [0.1, 0.15) is 11.1 Å². The van der Waals surface area contributed by atoms with Crippen LogP contribution in [0.5, 0.6) is 11.5 Å². The highest BCUT2D eigenvalue weighted by Crippen LogP contribution is 2.28. The van der Waals surface area contributed by atoms with Gasteiger partial charge in [0.05, 0.1) is 13.3 Å². The number of methoxy groups -OCH3 is 1. The zero-order valence-corrected chi connectivity index (χ0v) is 16.1.